The summed E-state index contributed by atoms with van der Waals surface area (Å²) < 4.78 is 16.3. The minimum atomic E-state index is -0.265. The van der Waals surface area contributed by atoms with E-state index in [1.165, 1.54) is 17.0 Å². The van der Waals surface area contributed by atoms with E-state index >= 15 is 0 Å². The van der Waals surface area contributed by atoms with Crippen molar-refractivity contribution in [3.8, 4) is 0 Å². The standard InChI is InChI=1S/C21H25ClFN3/c1-25(2)12-6-11-24-13-16-14-26(21-10-4-3-7-17(16)21)15-18-19(22)8-5-9-20(18)23/h3-5,7-10,14,24H,6,11-13,15H2,1-2H3. The molecule has 1 aromatic heterocycles. The molecule has 3 aromatic rings. The molecule has 0 radical (unpaired) electrons. The van der Waals surface area contributed by atoms with Gasteiger partial charge in [0, 0.05) is 34.2 Å². The lowest BCUT2D eigenvalue weighted by molar-refractivity contribution is 0.394. The molecule has 1 heterocycles. The second-order valence-electron chi connectivity index (χ2n) is 6.83. The number of fused-ring (bicyclic) bond motifs is 1. The van der Waals surface area contributed by atoms with Crippen molar-refractivity contribution in [2.45, 2.75) is 19.5 Å². The van der Waals surface area contributed by atoms with E-state index in [2.05, 4.69) is 47.2 Å². The predicted octanol–water partition coefficient (Wildman–Crippen LogP) is 4.52. The van der Waals surface area contributed by atoms with Gasteiger partial charge in [0.1, 0.15) is 5.82 Å². The van der Waals surface area contributed by atoms with Crippen LogP contribution in [0.25, 0.3) is 10.9 Å². The first-order valence-electron chi connectivity index (χ1n) is 8.91. The van der Waals surface area contributed by atoms with Crippen molar-refractivity contribution in [2.24, 2.45) is 0 Å². The molecule has 3 nitrogen and oxygen atoms in total. The van der Waals surface area contributed by atoms with Gasteiger partial charge in [-0.25, -0.2) is 4.39 Å². The lowest BCUT2D eigenvalue weighted by Gasteiger charge is -2.09. The molecular weight excluding hydrogens is 349 g/mol. The first-order valence-corrected chi connectivity index (χ1v) is 9.29. The Morgan fingerprint density at radius 1 is 1.12 bits per heavy atom. The molecule has 2 aromatic carbocycles. The average molecular weight is 374 g/mol. The first kappa shape index (κ1) is 18.9. The third-order valence-electron chi connectivity index (χ3n) is 4.54. The van der Waals surface area contributed by atoms with Crippen molar-refractivity contribution in [1.82, 2.24) is 14.8 Å². The minimum absolute atomic E-state index is 0.265. The van der Waals surface area contributed by atoms with Crippen LogP contribution in [0.1, 0.15) is 17.5 Å². The Balaban J connectivity index is 1.79. The molecule has 5 heteroatoms. The Bertz CT molecular complexity index is 853. The van der Waals surface area contributed by atoms with Crippen LogP contribution in [0, 0.1) is 5.82 Å². The second-order valence-corrected chi connectivity index (χ2v) is 7.24. The fourth-order valence-corrected chi connectivity index (χ4v) is 3.41. The van der Waals surface area contributed by atoms with Gasteiger partial charge in [0.25, 0.3) is 0 Å². The predicted molar refractivity (Wildman–Crippen MR) is 107 cm³/mol. The number of rotatable bonds is 8. The highest BCUT2D eigenvalue weighted by Gasteiger charge is 2.12. The van der Waals surface area contributed by atoms with Crippen molar-refractivity contribution in [2.75, 3.05) is 27.2 Å². The Kier molecular flexibility index (Phi) is 6.30. The Morgan fingerprint density at radius 2 is 1.92 bits per heavy atom. The zero-order valence-corrected chi connectivity index (χ0v) is 16.1. The summed E-state index contributed by atoms with van der Waals surface area (Å²) in [5, 5.41) is 5.17. The maximum Gasteiger partial charge on any atom is 0.129 e. The fourth-order valence-electron chi connectivity index (χ4n) is 3.19. The van der Waals surface area contributed by atoms with Crippen molar-refractivity contribution in [3.05, 3.63) is 70.6 Å². The molecule has 1 N–H and O–H groups in total. The van der Waals surface area contributed by atoms with Crippen molar-refractivity contribution in [3.63, 3.8) is 0 Å². The molecule has 0 spiro atoms. The summed E-state index contributed by atoms with van der Waals surface area (Å²) in [7, 11) is 4.17. The van der Waals surface area contributed by atoms with Gasteiger partial charge >= 0.3 is 0 Å². The van der Waals surface area contributed by atoms with Gasteiger partial charge in [-0.15, -0.1) is 0 Å². The van der Waals surface area contributed by atoms with Crippen molar-refractivity contribution >= 4 is 22.5 Å². The summed E-state index contributed by atoms with van der Waals surface area (Å²) in [6.45, 7) is 3.26. The highest BCUT2D eigenvalue weighted by Crippen LogP contribution is 2.25. The molecule has 26 heavy (non-hydrogen) atoms. The maximum atomic E-state index is 14.2. The Labute approximate surface area is 159 Å². The van der Waals surface area contributed by atoms with Crippen LogP contribution in [-0.2, 0) is 13.1 Å². The molecule has 0 bridgehead atoms. The normalized spacial score (nSPS) is 11.6. The van der Waals surface area contributed by atoms with Crippen molar-refractivity contribution in [1.29, 1.82) is 0 Å². The van der Waals surface area contributed by atoms with Crippen LogP contribution in [-0.4, -0.2) is 36.7 Å². The van der Waals surface area contributed by atoms with Crippen LogP contribution >= 0.6 is 11.6 Å². The summed E-state index contributed by atoms with van der Waals surface area (Å²) in [6.07, 6.45) is 3.21. The number of aromatic nitrogens is 1. The van der Waals surface area contributed by atoms with E-state index in [-0.39, 0.29) is 5.82 Å². The molecular formula is C21H25ClFN3. The summed E-state index contributed by atoms with van der Waals surface area (Å²) in [5.74, 6) is -0.265. The molecule has 0 aliphatic rings. The van der Waals surface area contributed by atoms with E-state index in [1.54, 1.807) is 12.1 Å². The molecule has 0 fully saturated rings. The quantitative estimate of drug-likeness (QED) is 0.586. The third-order valence-corrected chi connectivity index (χ3v) is 4.89. The lowest BCUT2D eigenvalue weighted by Crippen LogP contribution is -2.20. The molecule has 3 rings (SSSR count). The number of halogens is 2. The molecule has 0 aliphatic heterocycles. The number of nitrogens with zero attached hydrogens (tertiary/aromatic N) is 2. The smallest absolute Gasteiger partial charge is 0.129 e. The third kappa shape index (κ3) is 4.44. The van der Waals surface area contributed by atoms with Crippen LogP contribution in [0.4, 0.5) is 4.39 Å². The fraction of sp³-hybridized carbons (Fsp3) is 0.333. The van der Waals surface area contributed by atoms with Gasteiger partial charge in [-0.2, -0.15) is 0 Å². The van der Waals surface area contributed by atoms with Crippen LogP contribution in [0.5, 0.6) is 0 Å². The van der Waals surface area contributed by atoms with Crippen LogP contribution in [0.3, 0.4) is 0 Å². The summed E-state index contributed by atoms with van der Waals surface area (Å²) >= 11 is 6.21. The van der Waals surface area contributed by atoms with Crippen LogP contribution < -0.4 is 5.32 Å². The molecule has 0 unspecified atom stereocenters. The van der Waals surface area contributed by atoms with E-state index < -0.39 is 0 Å². The molecule has 0 saturated heterocycles. The number of para-hydroxylation sites is 1. The summed E-state index contributed by atoms with van der Waals surface area (Å²) in [6, 6.07) is 13.1. The topological polar surface area (TPSA) is 20.2 Å². The van der Waals surface area contributed by atoms with Gasteiger partial charge in [0.15, 0.2) is 0 Å². The lowest BCUT2D eigenvalue weighted by atomic mass is 10.2. The van der Waals surface area contributed by atoms with E-state index in [1.807, 2.05) is 12.1 Å². The van der Waals surface area contributed by atoms with Crippen molar-refractivity contribution < 1.29 is 4.39 Å². The van der Waals surface area contributed by atoms with Gasteiger partial charge in [-0.3, -0.25) is 0 Å². The SMILES string of the molecule is CN(C)CCCNCc1cn(Cc2c(F)cccc2Cl)c2ccccc12. The monoisotopic (exact) mass is 373 g/mol. The van der Waals surface area contributed by atoms with E-state index in [9.17, 15) is 4.39 Å². The summed E-state index contributed by atoms with van der Waals surface area (Å²) in [5.41, 5.74) is 2.84. The number of nitrogens with one attached hydrogen (secondary N) is 1. The summed E-state index contributed by atoms with van der Waals surface area (Å²) in [4.78, 5) is 2.19. The highest BCUT2D eigenvalue weighted by molar-refractivity contribution is 6.31. The zero-order valence-electron chi connectivity index (χ0n) is 15.3. The highest BCUT2D eigenvalue weighted by atomic mass is 35.5. The van der Waals surface area contributed by atoms with Gasteiger partial charge in [0.2, 0.25) is 0 Å². The van der Waals surface area contributed by atoms with Crippen LogP contribution in [0.15, 0.2) is 48.7 Å². The number of hydrogen-bond donors (Lipinski definition) is 1. The Hall–Kier alpha value is -1.88. The second kappa shape index (κ2) is 8.67. The van der Waals surface area contributed by atoms with E-state index in [0.29, 0.717) is 17.1 Å². The maximum absolute atomic E-state index is 14.2. The number of benzene rings is 2. The zero-order chi connectivity index (χ0) is 18.5. The Morgan fingerprint density at radius 3 is 2.69 bits per heavy atom. The van der Waals surface area contributed by atoms with Gasteiger partial charge in [-0.1, -0.05) is 35.9 Å². The largest absolute Gasteiger partial charge is 0.343 e. The molecule has 0 saturated carbocycles. The van der Waals surface area contributed by atoms with Gasteiger partial charge < -0.3 is 14.8 Å². The number of hydrogen-bond acceptors (Lipinski definition) is 2. The van der Waals surface area contributed by atoms with Gasteiger partial charge in [-0.05, 0) is 57.4 Å². The minimum Gasteiger partial charge on any atom is -0.343 e. The first-order chi connectivity index (χ1) is 12.6. The molecule has 0 atom stereocenters. The molecule has 138 valence electrons. The van der Waals surface area contributed by atoms with Gasteiger partial charge in [0.05, 0.1) is 6.54 Å². The van der Waals surface area contributed by atoms with Crippen LogP contribution in [0.2, 0.25) is 5.02 Å². The molecule has 0 amide bonds. The average Bonchev–Trinajstić information content (AvgIpc) is 2.96. The van der Waals surface area contributed by atoms with E-state index in [0.717, 1.165) is 31.6 Å². The molecule has 0 aliphatic carbocycles. The van der Waals surface area contributed by atoms with E-state index in [4.69, 9.17) is 11.6 Å².